The molecule has 0 radical (unpaired) electrons. The molecule has 2 aromatic rings. The second-order valence-electron chi connectivity index (χ2n) is 5.34. The van der Waals surface area contributed by atoms with Crippen LogP contribution in [0.4, 0.5) is 0 Å². The molecular formula is C18H22N2O2. The first-order valence-electron chi connectivity index (χ1n) is 7.27. The van der Waals surface area contributed by atoms with E-state index in [1.165, 1.54) is 0 Å². The predicted octanol–water partition coefficient (Wildman–Crippen LogP) is 2.22. The number of hydrogen-bond acceptors (Lipinski definition) is 3. The maximum absolute atomic E-state index is 12.4. The highest BCUT2D eigenvalue weighted by Crippen LogP contribution is 2.13. The zero-order valence-corrected chi connectivity index (χ0v) is 13.0. The quantitative estimate of drug-likeness (QED) is 0.889. The minimum atomic E-state index is -0.523. The van der Waals surface area contributed by atoms with Gasteiger partial charge in [0.25, 0.3) is 0 Å². The molecule has 0 heterocycles. The second-order valence-corrected chi connectivity index (χ2v) is 5.34. The molecule has 2 rings (SSSR count). The van der Waals surface area contributed by atoms with Crippen LogP contribution in [0.15, 0.2) is 54.6 Å². The molecule has 0 aliphatic rings. The molecule has 1 atom stereocenters. The van der Waals surface area contributed by atoms with Crippen LogP contribution in [-0.2, 0) is 17.8 Å². The standard InChI is InChI=1S/C18H22N2O2/c1-20(13-15-8-10-16(22-2)11-9-15)18(21)17(19)12-14-6-4-3-5-7-14/h3-11,17H,12-13,19H2,1-2H3/t17-/m0/s1. The van der Waals surface area contributed by atoms with Crippen molar-refractivity contribution in [1.29, 1.82) is 0 Å². The number of amides is 1. The monoisotopic (exact) mass is 298 g/mol. The number of nitrogens with zero attached hydrogens (tertiary/aromatic N) is 1. The van der Waals surface area contributed by atoms with Crippen LogP contribution in [-0.4, -0.2) is 31.0 Å². The Balaban J connectivity index is 1.93. The third-order valence-electron chi connectivity index (χ3n) is 3.57. The van der Waals surface area contributed by atoms with E-state index in [1.807, 2.05) is 54.6 Å². The Morgan fingerprint density at radius 1 is 1.09 bits per heavy atom. The van der Waals surface area contributed by atoms with Crippen LogP contribution in [0.1, 0.15) is 11.1 Å². The van der Waals surface area contributed by atoms with Crippen LogP contribution < -0.4 is 10.5 Å². The van der Waals surface area contributed by atoms with Gasteiger partial charge >= 0.3 is 0 Å². The molecule has 4 nitrogen and oxygen atoms in total. The molecule has 0 unspecified atom stereocenters. The first kappa shape index (κ1) is 16.0. The molecule has 1 amide bonds. The number of nitrogens with two attached hydrogens (primary N) is 1. The van der Waals surface area contributed by atoms with Crippen molar-refractivity contribution in [1.82, 2.24) is 4.90 Å². The van der Waals surface area contributed by atoms with Gasteiger partial charge in [-0.3, -0.25) is 4.79 Å². The zero-order valence-electron chi connectivity index (χ0n) is 13.0. The van der Waals surface area contributed by atoms with Gasteiger partial charge in [-0.15, -0.1) is 0 Å². The van der Waals surface area contributed by atoms with Gasteiger partial charge in [0.2, 0.25) is 5.91 Å². The Labute approximate surface area is 131 Å². The van der Waals surface area contributed by atoms with Crippen LogP contribution in [0.3, 0.4) is 0 Å². The highest BCUT2D eigenvalue weighted by Gasteiger charge is 2.18. The second kappa shape index (κ2) is 7.61. The maximum Gasteiger partial charge on any atom is 0.239 e. The van der Waals surface area contributed by atoms with E-state index in [1.54, 1.807) is 19.1 Å². The van der Waals surface area contributed by atoms with Crippen LogP contribution in [0.2, 0.25) is 0 Å². The molecular weight excluding hydrogens is 276 g/mol. The number of benzene rings is 2. The number of ether oxygens (including phenoxy) is 1. The SMILES string of the molecule is COc1ccc(CN(C)C(=O)[C@@H](N)Cc2ccccc2)cc1. The van der Waals surface area contributed by atoms with Gasteiger partial charge in [0.1, 0.15) is 5.75 Å². The normalized spacial score (nSPS) is 11.8. The smallest absolute Gasteiger partial charge is 0.239 e. The molecule has 0 spiro atoms. The molecule has 116 valence electrons. The number of likely N-dealkylation sites (N-methyl/N-ethyl adjacent to an activating group) is 1. The van der Waals surface area contributed by atoms with E-state index in [9.17, 15) is 4.79 Å². The van der Waals surface area contributed by atoms with Gasteiger partial charge in [-0.2, -0.15) is 0 Å². The van der Waals surface area contributed by atoms with E-state index >= 15 is 0 Å². The van der Waals surface area contributed by atoms with Crippen molar-refractivity contribution in [3.63, 3.8) is 0 Å². The lowest BCUT2D eigenvalue weighted by Crippen LogP contribution is -2.42. The number of methoxy groups -OCH3 is 1. The summed E-state index contributed by atoms with van der Waals surface area (Å²) in [6, 6.07) is 17.0. The van der Waals surface area contributed by atoms with Crippen molar-refractivity contribution in [2.75, 3.05) is 14.2 Å². The molecule has 2 aromatic carbocycles. The van der Waals surface area contributed by atoms with Crippen molar-refractivity contribution in [3.8, 4) is 5.75 Å². The molecule has 0 fully saturated rings. The summed E-state index contributed by atoms with van der Waals surface area (Å²) in [5, 5.41) is 0. The highest BCUT2D eigenvalue weighted by molar-refractivity contribution is 5.81. The summed E-state index contributed by atoms with van der Waals surface area (Å²) >= 11 is 0. The fraction of sp³-hybridized carbons (Fsp3) is 0.278. The topological polar surface area (TPSA) is 55.6 Å². The predicted molar refractivity (Wildman–Crippen MR) is 87.6 cm³/mol. The fourth-order valence-corrected chi connectivity index (χ4v) is 2.32. The molecule has 4 heteroatoms. The molecule has 0 aromatic heterocycles. The minimum absolute atomic E-state index is 0.0559. The lowest BCUT2D eigenvalue weighted by Gasteiger charge is -2.21. The molecule has 2 N–H and O–H groups in total. The lowest BCUT2D eigenvalue weighted by atomic mass is 10.1. The van der Waals surface area contributed by atoms with Crippen molar-refractivity contribution in [2.45, 2.75) is 19.0 Å². The van der Waals surface area contributed by atoms with E-state index in [4.69, 9.17) is 10.5 Å². The summed E-state index contributed by atoms with van der Waals surface area (Å²) in [4.78, 5) is 14.0. The first-order valence-corrected chi connectivity index (χ1v) is 7.27. The molecule has 0 bridgehead atoms. The molecule has 0 aliphatic heterocycles. The van der Waals surface area contributed by atoms with Gasteiger partial charge in [-0.25, -0.2) is 0 Å². The molecule has 0 aliphatic carbocycles. The Morgan fingerprint density at radius 2 is 1.73 bits per heavy atom. The number of carbonyl (C=O) groups excluding carboxylic acids is 1. The van der Waals surface area contributed by atoms with Gasteiger partial charge in [-0.05, 0) is 29.7 Å². The Hall–Kier alpha value is -2.33. The maximum atomic E-state index is 12.4. The Kier molecular flexibility index (Phi) is 5.55. The molecule has 0 saturated heterocycles. The van der Waals surface area contributed by atoms with Gasteiger partial charge in [0.05, 0.1) is 13.2 Å². The summed E-state index contributed by atoms with van der Waals surface area (Å²) in [6.45, 7) is 0.533. The van der Waals surface area contributed by atoms with E-state index in [-0.39, 0.29) is 5.91 Å². The number of carbonyl (C=O) groups is 1. The fourth-order valence-electron chi connectivity index (χ4n) is 2.32. The highest BCUT2D eigenvalue weighted by atomic mass is 16.5. The largest absolute Gasteiger partial charge is 0.497 e. The number of hydrogen-bond donors (Lipinski definition) is 1. The average molecular weight is 298 g/mol. The van der Waals surface area contributed by atoms with E-state index < -0.39 is 6.04 Å². The van der Waals surface area contributed by atoms with Crippen LogP contribution in [0.25, 0.3) is 0 Å². The zero-order chi connectivity index (χ0) is 15.9. The summed E-state index contributed by atoms with van der Waals surface area (Å²) in [5.74, 6) is 0.748. The van der Waals surface area contributed by atoms with Gasteiger partial charge in [0, 0.05) is 13.6 Å². The van der Waals surface area contributed by atoms with Crippen LogP contribution >= 0.6 is 0 Å². The van der Waals surface area contributed by atoms with Gasteiger partial charge in [-0.1, -0.05) is 42.5 Å². The summed E-state index contributed by atoms with van der Waals surface area (Å²) in [6.07, 6.45) is 0.548. The van der Waals surface area contributed by atoms with E-state index in [0.717, 1.165) is 16.9 Å². The van der Waals surface area contributed by atoms with Crippen LogP contribution in [0.5, 0.6) is 5.75 Å². The van der Waals surface area contributed by atoms with Crippen molar-refractivity contribution in [2.24, 2.45) is 5.73 Å². The summed E-state index contributed by atoms with van der Waals surface area (Å²) in [5.41, 5.74) is 8.15. The molecule has 22 heavy (non-hydrogen) atoms. The van der Waals surface area contributed by atoms with Crippen molar-refractivity contribution in [3.05, 3.63) is 65.7 Å². The van der Waals surface area contributed by atoms with E-state index in [0.29, 0.717) is 13.0 Å². The summed E-state index contributed by atoms with van der Waals surface area (Å²) < 4.78 is 5.13. The Bertz CT molecular complexity index is 596. The van der Waals surface area contributed by atoms with Crippen molar-refractivity contribution < 1.29 is 9.53 Å². The lowest BCUT2D eigenvalue weighted by molar-refractivity contribution is -0.131. The van der Waals surface area contributed by atoms with Gasteiger partial charge < -0.3 is 15.4 Å². The third-order valence-corrected chi connectivity index (χ3v) is 3.57. The van der Waals surface area contributed by atoms with Gasteiger partial charge in [0.15, 0.2) is 0 Å². The Morgan fingerprint density at radius 3 is 2.32 bits per heavy atom. The molecule has 0 saturated carbocycles. The minimum Gasteiger partial charge on any atom is -0.497 e. The van der Waals surface area contributed by atoms with Crippen molar-refractivity contribution >= 4 is 5.91 Å². The number of rotatable bonds is 6. The third kappa shape index (κ3) is 4.33. The average Bonchev–Trinajstić information content (AvgIpc) is 2.55. The summed E-state index contributed by atoms with van der Waals surface area (Å²) in [7, 11) is 3.41. The van der Waals surface area contributed by atoms with E-state index in [2.05, 4.69) is 0 Å². The van der Waals surface area contributed by atoms with Crippen LogP contribution in [0, 0.1) is 0 Å². The first-order chi connectivity index (χ1) is 10.6.